The molecule has 2 atom stereocenters. The smallest absolute Gasteiger partial charge is 0.250 e. The molecule has 0 spiro atoms. The van der Waals surface area contributed by atoms with Crippen LogP contribution in [0.5, 0.6) is 0 Å². The molecule has 5 nitrogen and oxygen atoms in total. The van der Waals surface area contributed by atoms with Gasteiger partial charge in [0, 0.05) is 6.54 Å². The van der Waals surface area contributed by atoms with Crippen LogP contribution in [0.2, 0.25) is 0 Å². The molecule has 0 aliphatic heterocycles. The van der Waals surface area contributed by atoms with Crippen molar-refractivity contribution in [3.63, 3.8) is 0 Å². The summed E-state index contributed by atoms with van der Waals surface area (Å²) >= 11 is 0. The Morgan fingerprint density at radius 1 is 1.47 bits per heavy atom. The highest BCUT2D eigenvalue weighted by Gasteiger charge is 2.21. The maximum Gasteiger partial charge on any atom is 0.250 e. The summed E-state index contributed by atoms with van der Waals surface area (Å²) in [5, 5.41) is 3.29. The SMILES string of the molecule is CC1CCCCC1CNc1cc(C(N)=O)c(N)cn1. The first-order chi connectivity index (χ1) is 9.08. The Kier molecular flexibility index (Phi) is 4.24. The van der Waals surface area contributed by atoms with Crippen molar-refractivity contribution >= 4 is 17.4 Å². The van der Waals surface area contributed by atoms with E-state index in [9.17, 15) is 4.79 Å². The Hall–Kier alpha value is -1.78. The van der Waals surface area contributed by atoms with Gasteiger partial charge in [0.15, 0.2) is 0 Å². The van der Waals surface area contributed by atoms with Crippen LogP contribution >= 0.6 is 0 Å². The molecule has 1 aliphatic rings. The van der Waals surface area contributed by atoms with Gasteiger partial charge in [0.2, 0.25) is 0 Å². The molecular weight excluding hydrogens is 240 g/mol. The van der Waals surface area contributed by atoms with Crippen LogP contribution in [0.25, 0.3) is 0 Å². The third-order valence-corrected chi connectivity index (χ3v) is 4.03. The lowest BCUT2D eigenvalue weighted by Crippen LogP contribution is -2.25. The van der Waals surface area contributed by atoms with E-state index in [2.05, 4.69) is 17.2 Å². The first-order valence-corrected chi connectivity index (χ1v) is 6.87. The fraction of sp³-hybridized carbons (Fsp3) is 0.571. The molecule has 1 aliphatic carbocycles. The Bertz CT molecular complexity index is 461. The number of amides is 1. The summed E-state index contributed by atoms with van der Waals surface area (Å²) in [6.45, 7) is 3.19. The number of nitrogen functional groups attached to an aromatic ring is 1. The standard InChI is InChI=1S/C14H22N4O/c1-9-4-2-3-5-10(9)7-17-13-6-11(14(16)19)12(15)8-18-13/h6,8-10H,2-5,7,15H2,1H3,(H2,16,19)(H,17,18). The minimum atomic E-state index is -0.519. The quantitative estimate of drug-likeness (QED) is 0.773. The van der Waals surface area contributed by atoms with Crippen LogP contribution in [0, 0.1) is 11.8 Å². The van der Waals surface area contributed by atoms with Gasteiger partial charge in [-0.3, -0.25) is 4.79 Å². The number of rotatable bonds is 4. The van der Waals surface area contributed by atoms with Gasteiger partial charge in [-0.1, -0.05) is 26.2 Å². The van der Waals surface area contributed by atoms with E-state index in [0.29, 0.717) is 23.0 Å². The number of aromatic nitrogens is 1. The van der Waals surface area contributed by atoms with Crippen molar-refractivity contribution in [3.8, 4) is 0 Å². The summed E-state index contributed by atoms with van der Waals surface area (Å²) in [5.74, 6) is 1.56. The van der Waals surface area contributed by atoms with Crippen LogP contribution < -0.4 is 16.8 Å². The maximum atomic E-state index is 11.2. The molecule has 1 aromatic heterocycles. The van der Waals surface area contributed by atoms with Gasteiger partial charge < -0.3 is 16.8 Å². The van der Waals surface area contributed by atoms with Crippen LogP contribution in [0.3, 0.4) is 0 Å². The highest BCUT2D eigenvalue weighted by molar-refractivity contribution is 5.98. The number of hydrogen-bond acceptors (Lipinski definition) is 4. The van der Waals surface area contributed by atoms with Gasteiger partial charge in [-0.15, -0.1) is 0 Å². The van der Waals surface area contributed by atoms with Crippen molar-refractivity contribution in [1.82, 2.24) is 4.98 Å². The van der Waals surface area contributed by atoms with E-state index < -0.39 is 5.91 Å². The molecular formula is C14H22N4O. The highest BCUT2D eigenvalue weighted by atomic mass is 16.1. The lowest BCUT2D eigenvalue weighted by molar-refractivity contribution is 0.100. The number of nitrogens with zero attached hydrogens (tertiary/aromatic N) is 1. The number of pyridine rings is 1. The summed E-state index contributed by atoms with van der Waals surface area (Å²) in [4.78, 5) is 15.4. The second-order valence-corrected chi connectivity index (χ2v) is 5.42. The van der Waals surface area contributed by atoms with Gasteiger partial charge in [-0.25, -0.2) is 4.98 Å². The largest absolute Gasteiger partial charge is 0.397 e. The van der Waals surface area contributed by atoms with Gasteiger partial charge in [-0.2, -0.15) is 0 Å². The van der Waals surface area contributed by atoms with Crippen molar-refractivity contribution in [2.24, 2.45) is 17.6 Å². The summed E-state index contributed by atoms with van der Waals surface area (Å²) in [5.41, 5.74) is 11.6. The summed E-state index contributed by atoms with van der Waals surface area (Å²) in [6, 6.07) is 1.63. The molecule has 1 heterocycles. The number of nitrogens with one attached hydrogen (secondary N) is 1. The van der Waals surface area contributed by atoms with Crippen LogP contribution in [-0.4, -0.2) is 17.4 Å². The van der Waals surface area contributed by atoms with Gasteiger partial charge >= 0.3 is 0 Å². The summed E-state index contributed by atoms with van der Waals surface area (Å²) in [7, 11) is 0. The predicted octanol–water partition coefficient (Wildman–Crippen LogP) is 2.00. The number of primary amides is 1. The number of nitrogens with two attached hydrogens (primary N) is 2. The number of anilines is 2. The number of hydrogen-bond donors (Lipinski definition) is 3. The van der Waals surface area contributed by atoms with Crippen molar-refractivity contribution < 1.29 is 4.79 Å². The van der Waals surface area contributed by atoms with E-state index in [1.165, 1.54) is 31.9 Å². The van der Waals surface area contributed by atoms with Crippen molar-refractivity contribution in [2.75, 3.05) is 17.6 Å². The second kappa shape index (κ2) is 5.91. The summed E-state index contributed by atoms with van der Waals surface area (Å²) in [6.07, 6.45) is 6.68. The third-order valence-electron chi connectivity index (χ3n) is 4.03. The molecule has 1 fully saturated rings. The third kappa shape index (κ3) is 3.36. The fourth-order valence-electron chi connectivity index (χ4n) is 2.71. The highest BCUT2D eigenvalue weighted by Crippen LogP contribution is 2.29. The van der Waals surface area contributed by atoms with Crippen molar-refractivity contribution in [3.05, 3.63) is 17.8 Å². The zero-order valence-electron chi connectivity index (χ0n) is 11.4. The van der Waals surface area contributed by atoms with Crippen molar-refractivity contribution in [1.29, 1.82) is 0 Å². The first-order valence-electron chi connectivity index (χ1n) is 6.87. The molecule has 1 saturated carbocycles. The van der Waals surface area contributed by atoms with Crippen LogP contribution in [0.1, 0.15) is 43.0 Å². The molecule has 1 aromatic rings. The van der Waals surface area contributed by atoms with E-state index in [1.807, 2.05) is 0 Å². The minimum Gasteiger partial charge on any atom is -0.397 e. The van der Waals surface area contributed by atoms with E-state index in [0.717, 1.165) is 12.5 Å². The molecule has 0 saturated heterocycles. The van der Waals surface area contributed by atoms with Gasteiger partial charge in [0.25, 0.3) is 5.91 Å². The average molecular weight is 262 g/mol. The maximum absolute atomic E-state index is 11.2. The van der Waals surface area contributed by atoms with Crippen LogP contribution in [0.15, 0.2) is 12.3 Å². The lowest BCUT2D eigenvalue weighted by atomic mass is 9.80. The van der Waals surface area contributed by atoms with Crippen LogP contribution in [0.4, 0.5) is 11.5 Å². The Labute approximate surface area is 113 Å². The predicted molar refractivity (Wildman–Crippen MR) is 76.8 cm³/mol. The van der Waals surface area contributed by atoms with Gasteiger partial charge in [0.05, 0.1) is 17.4 Å². The first kappa shape index (κ1) is 13.6. The molecule has 0 bridgehead atoms. The van der Waals surface area contributed by atoms with Gasteiger partial charge in [0.1, 0.15) is 5.82 Å². The molecule has 5 heteroatoms. The Morgan fingerprint density at radius 2 is 2.21 bits per heavy atom. The zero-order chi connectivity index (χ0) is 13.8. The van der Waals surface area contributed by atoms with Crippen LogP contribution in [-0.2, 0) is 0 Å². The molecule has 5 N–H and O–H groups in total. The molecule has 19 heavy (non-hydrogen) atoms. The Morgan fingerprint density at radius 3 is 2.89 bits per heavy atom. The Balaban J connectivity index is 1.99. The molecule has 0 aromatic carbocycles. The molecule has 1 amide bonds. The van der Waals surface area contributed by atoms with E-state index in [1.54, 1.807) is 6.07 Å². The molecule has 0 radical (unpaired) electrons. The van der Waals surface area contributed by atoms with Gasteiger partial charge in [-0.05, 0) is 24.3 Å². The molecule has 2 unspecified atom stereocenters. The number of carbonyl (C=O) groups excluding carboxylic acids is 1. The zero-order valence-corrected chi connectivity index (χ0v) is 11.4. The van der Waals surface area contributed by atoms with E-state index in [-0.39, 0.29) is 0 Å². The fourth-order valence-corrected chi connectivity index (χ4v) is 2.71. The van der Waals surface area contributed by atoms with Crippen molar-refractivity contribution in [2.45, 2.75) is 32.6 Å². The topological polar surface area (TPSA) is 94.0 Å². The normalized spacial score (nSPS) is 23.0. The molecule has 2 rings (SSSR count). The summed E-state index contributed by atoms with van der Waals surface area (Å²) < 4.78 is 0. The minimum absolute atomic E-state index is 0.323. The lowest BCUT2D eigenvalue weighted by Gasteiger charge is -2.29. The van der Waals surface area contributed by atoms with E-state index in [4.69, 9.17) is 11.5 Å². The molecule has 104 valence electrons. The average Bonchev–Trinajstić information content (AvgIpc) is 2.39. The number of carbonyl (C=O) groups is 1. The monoisotopic (exact) mass is 262 g/mol. The second-order valence-electron chi connectivity index (χ2n) is 5.42. The van der Waals surface area contributed by atoms with E-state index >= 15 is 0 Å².